The van der Waals surface area contributed by atoms with Gasteiger partial charge in [-0.15, -0.1) is 0 Å². The maximum absolute atomic E-state index is 13.3. The number of esters is 1. The maximum Gasteiger partial charge on any atom is 0.308 e. The van der Waals surface area contributed by atoms with E-state index in [0.717, 1.165) is 5.56 Å². The van der Waals surface area contributed by atoms with Crippen molar-refractivity contribution in [2.45, 2.75) is 58.5 Å². The molecule has 2 rings (SSSR count). The van der Waals surface area contributed by atoms with Gasteiger partial charge in [0.15, 0.2) is 0 Å². The Balaban J connectivity index is 0.000000533. The van der Waals surface area contributed by atoms with E-state index in [0.29, 0.717) is 19.6 Å². The van der Waals surface area contributed by atoms with E-state index in [2.05, 4.69) is 11.3 Å². The fraction of sp³-hybridized carbons (Fsp3) is 0.550. The highest BCUT2D eigenvalue weighted by molar-refractivity contribution is 5.69. The molecule has 1 atom stereocenters. The van der Waals surface area contributed by atoms with Crippen LogP contribution in [0, 0.1) is 0 Å². The van der Waals surface area contributed by atoms with E-state index < -0.39 is 12.0 Å². The van der Waals surface area contributed by atoms with Gasteiger partial charge in [-0.25, -0.2) is 8.78 Å². The summed E-state index contributed by atoms with van der Waals surface area (Å²) < 4.78 is 31.0. The van der Waals surface area contributed by atoms with Crippen LogP contribution in [0.5, 0.6) is 0 Å². The van der Waals surface area contributed by atoms with Crippen LogP contribution in [-0.2, 0) is 16.1 Å². The number of aliphatic hydroxyl groups is 1. The number of benzene rings is 1. The van der Waals surface area contributed by atoms with E-state index in [1.165, 1.54) is 6.20 Å². The van der Waals surface area contributed by atoms with Gasteiger partial charge in [0, 0.05) is 13.0 Å². The van der Waals surface area contributed by atoms with E-state index in [9.17, 15) is 13.6 Å². The Bertz CT molecular complexity index is 501. The lowest BCUT2D eigenvalue weighted by Gasteiger charge is -2.43. The molecule has 0 spiro atoms. The van der Waals surface area contributed by atoms with Gasteiger partial charge in [-0.05, 0) is 25.1 Å². The molecule has 148 valence electrons. The van der Waals surface area contributed by atoms with Gasteiger partial charge in [-0.1, -0.05) is 50.8 Å². The number of rotatable bonds is 7. The van der Waals surface area contributed by atoms with Crippen LogP contribution in [0.1, 0.15) is 45.6 Å². The van der Waals surface area contributed by atoms with Gasteiger partial charge in [0.2, 0.25) is 0 Å². The Hall–Kier alpha value is -1.95. The SMILES string of the molecule is C=CN(Cc1ccccc1)C1CCC1(F)F.CC.CCOC(=O)CCO. The predicted molar refractivity (Wildman–Crippen MR) is 99.8 cm³/mol. The zero-order valence-corrected chi connectivity index (χ0v) is 16.0. The number of halogens is 2. The first-order chi connectivity index (χ1) is 12.4. The third-order valence-corrected chi connectivity index (χ3v) is 3.70. The summed E-state index contributed by atoms with van der Waals surface area (Å²) in [5.74, 6) is -2.89. The van der Waals surface area contributed by atoms with Gasteiger partial charge in [0.05, 0.1) is 25.7 Å². The lowest BCUT2D eigenvalue weighted by Crippen LogP contribution is -2.52. The average Bonchev–Trinajstić information content (AvgIpc) is 2.64. The number of hydrogen-bond donors (Lipinski definition) is 1. The van der Waals surface area contributed by atoms with Gasteiger partial charge in [-0.2, -0.15) is 0 Å². The zero-order valence-electron chi connectivity index (χ0n) is 16.0. The highest BCUT2D eigenvalue weighted by Crippen LogP contribution is 2.41. The molecule has 1 aromatic rings. The minimum absolute atomic E-state index is 0.00318. The van der Waals surface area contributed by atoms with Crippen LogP contribution in [0.25, 0.3) is 0 Å². The molecule has 0 aliphatic heterocycles. The quantitative estimate of drug-likeness (QED) is 0.723. The van der Waals surface area contributed by atoms with Crippen LogP contribution in [-0.4, -0.2) is 41.2 Å². The predicted octanol–water partition coefficient (Wildman–Crippen LogP) is 4.39. The minimum atomic E-state index is -2.55. The van der Waals surface area contributed by atoms with Crippen molar-refractivity contribution in [1.29, 1.82) is 0 Å². The van der Waals surface area contributed by atoms with Gasteiger partial charge in [0.1, 0.15) is 0 Å². The van der Waals surface area contributed by atoms with E-state index in [1.54, 1.807) is 11.8 Å². The Kier molecular flexibility index (Phi) is 12.3. The van der Waals surface area contributed by atoms with Gasteiger partial charge in [0.25, 0.3) is 5.92 Å². The van der Waals surface area contributed by atoms with Crippen LogP contribution >= 0.6 is 0 Å². The van der Waals surface area contributed by atoms with Crippen molar-refractivity contribution in [2.24, 2.45) is 0 Å². The molecule has 26 heavy (non-hydrogen) atoms. The van der Waals surface area contributed by atoms with E-state index in [1.807, 2.05) is 44.2 Å². The Morgan fingerprint density at radius 2 is 2.00 bits per heavy atom. The molecule has 0 bridgehead atoms. The number of carbonyl (C=O) groups excluding carboxylic acids is 1. The van der Waals surface area contributed by atoms with Crippen LogP contribution in [0.4, 0.5) is 8.78 Å². The number of hydrogen-bond acceptors (Lipinski definition) is 4. The molecule has 6 heteroatoms. The normalized spacial score (nSPS) is 16.6. The van der Waals surface area contributed by atoms with Crippen molar-refractivity contribution < 1.29 is 23.4 Å². The standard InChI is InChI=1S/C13H15F2N.C5H10O3.C2H6/c1-2-16(12-8-9-13(12,14)15)10-11-6-4-3-5-7-11;1-2-8-5(7)3-4-6;1-2/h2-7,12H,1,8-10H2;6H,2-4H2,1H3;1-2H3. The zero-order chi connectivity index (χ0) is 20.0. The lowest BCUT2D eigenvalue weighted by atomic mass is 9.86. The maximum atomic E-state index is 13.3. The molecule has 1 aliphatic carbocycles. The summed E-state index contributed by atoms with van der Waals surface area (Å²) in [7, 11) is 0. The van der Waals surface area contributed by atoms with Crippen LogP contribution in [0.15, 0.2) is 43.1 Å². The highest BCUT2D eigenvalue weighted by Gasteiger charge is 2.50. The van der Waals surface area contributed by atoms with Crippen LogP contribution < -0.4 is 0 Å². The third kappa shape index (κ3) is 8.43. The number of ether oxygens (including phenoxy) is 1. The molecule has 0 aromatic heterocycles. The van der Waals surface area contributed by atoms with Crippen LogP contribution in [0.3, 0.4) is 0 Å². The molecule has 1 fully saturated rings. The summed E-state index contributed by atoms with van der Waals surface area (Å²) in [6.07, 6.45) is 2.17. The average molecular weight is 371 g/mol. The molecular formula is C20H31F2NO3. The molecule has 0 saturated heterocycles. The fourth-order valence-corrected chi connectivity index (χ4v) is 2.32. The van der Waals surface area contributed by atoms with Crippen molar-refractivity contribution in [1.82, 2.24) is 4.90 Å². The molecular weight excluding hydrogens is 340 g/mol. The molecule has 1 saturated carbocycles. The van der Waals surface area contributed by atoms with Gasteiger partial charge >= 0.3 is 5.97 Å². The van der Waals surface area contributed by atoms with Crippen molar-refractivity contribution in [3.05, 3.63) is 48.7 Å². The molecule has 0 amide bonds. The summed E-state index contributed by atoms with van der Waals surface area (Å²) in [6.45, 7) is 10.1. The van der Waals surface area contributed by atoms with E-state index in [4.69, 9.17) is 5.11 Å². The monoisotopic (exact) mass is 371 g/mol. The molecule has 4 nitrogen and oxygen atoms in total. The molecule has 1 aliphatic rings. The molecule has 0 radical (unpaired) electrons. The molecule has 1 aromatic carbocycles. The van der Waals surface area contributed by atoms with Crippen molar-refractivity contribution >= 4 is 5.97 Å². The summed E-state index contributed by atoms with van der Waals surface area (Å²) >= 11 is 0. The first-order valence-corrected chi connectivity index (χ1v) is 9.01. The van der Waals surface area contributed by atoms with Gasteiger partial charge < -0.3 is 14.7 Å². The summed E-state index contributed by atoms with van der Waals surface area (Å²) in [6, 6.07) is 8.94. The largest absolute Gasteiger partial charge is 0.466 e. The molecule has 1 N–H and O–H groups in total. The first-order valence-electron chi connectivity index (χ1n) is 9.01. The summed E-state index contributed by atoms with van der Waals surface area (Å²) in [5, 5.41) is 8.16. The fourth-order valence-electron chi connectivity index (χ4n) is 2.32. The Morgan fingerprint density at radius 1 is 1.38 bits per heavy atom. The lowest BCUT2D eigenvalue weighted by molar-refractivity contribution is -0.143. The summed E-state index contributed by atoms with van der Waals surface area (Å²) in [5.41, 5.74) is 1.03. The smallest absolute Gasteiger partial charge is 0.308 e. The molecule has 1 unspecified atom stereocenters. The number of aliphatic hydroxyl groups excluding tert-OH is 1. The number of alkyl halides is 2. The first kappa shape index (κ1) is 24.1. The van der Waals surface area contributed by atoms with Crippen LogP contribution in [0.2, 0.25) is 0 Å². The number of carbonyl (C=O) groups is 1. The third-order valence-electron chi connectivity index (χ3n) is 3.70. The second kappa shape index (κ2) is 13.3. The van der Waals surface area contributed by atoms with Crippen molar-refractivity contribution in [3.63, 3.8) is 0 Å². The van der Waals surface area contributed by atoms with Crippen molar-refractivity contribution in [2.75, 3.05) is 13.2 Å². The minimum Gasteiger partial charge on any atom is -0.466 e. The molecule has 0 heterocycles. The highest BCUT2D eigenvalue weighted by atomic mass is 19.3. The number of nitrogens with zero attached hydrogens (tertiary/aromatic N) is 1. The second-order valence-electron chi connectivity index (χ2n) is 5.43. The Labute approximate surface area is 155 Å². The van der Waals surface area contributed by atoms with Gasteiger partial charge in [-0.3, -0.25) is 4.79 Å². The topological polar surface area (TPSA) is 49.8 Å². The van der Waals surface area contributed by atoms with E-state index in [-0.39, 0.29) is 25.4 Å². The summed E-state index contributed by atoms with van der Waals surface area (Å²) in [4.78, 5) is 11.9. The second-order valence-corrected chi connectivity index (χ2v) is 5.43. The van der Waals surface area contributed by atoms with Crippen molar-refractivity contribution in [3.8, 4) is 0 Å². The van der Waals surface area contributed by atoms with E-state index >= 15 is 0 Å². The Morgan fingerprint density at radius 3 is 2.38 bits per heavy atom.